The Bertz CT molecular complexity index is 1010. The van der Waals surface area contributed by atoms with Crippen LogP contribution in [0.3, 0.4) is 0 Å². The molecular formula is C24H31N3O3S. The molecule has 1 aliphatic carbocycles. The van der Waals surface area contributed by atoms with Gasteiger partial charge in [0.15, 0.2) is 0 Å². The van der Waals surface area contributed by atoms with Gasteiger partial charge >= 0.3 is 0 Å². The Labute approximate surface area is 185 Å². The molecule has 31 heavy (non-hydrogen) atoms. The summed E-state index contributed by atoms with van der Waals surface area (Å²) in [4.78, 5) is 17.3. The molecule has 1 saturated heterocycles. The van der Waals surface area contributed by atoms with Crippen molar-refractivity contribution in [3.63, 3.8) is 0 Å². The summed E-state index contributed by atoms with van der Waals surface area (Å²) in [6.07, 6.45) is 1.79. The van der Waals surface area contributed by atoms with Gasteiger partial charge in [-0.3, -0.25) is 9.69 Å². The van der Waals surface area contributed by atoms with Crippen molar-refractivity contribution >= 4 is 15.9 Å². The lowest BCUT2D eigenvalue weighted by molar-refractivity contribution is 0.0628. The molecule has 2 aromatic carbocycles. The normalized spacial score (nSPS) is 17.8. The number of hydrogen-bond donors (Lipinski definition) is 1. The molecule has 1 heterocycles. The van der Waals surface area contributed by atoms with Crippen LogP contribution in [0.1, 0.15) is 54.1 Å². The Morgan fingerprint density at radius 2 is 1.58 bits per heavy atom. The quantitative estimate of drug-likeness (QED) is 0.716. The number of benzene rings is 2. The Kier molecular flexibility index (Phi) is 6.46. The van der Waals surface area contributed by atoms with Crippen LogP contribution >= 0.6 is 0 Å². The summed E-state index contributed by atoms with van der Waals surface area (Å²) >= 11 is 0. The van der Waals surface area contributed by atoms with E-state index in [9.17, 15) is 13.2 Å². The molecule has 0 bridgehead atoms. The second kappa shape index (κ2) is 9.10. The predicted octanol–water partition coefficient (Wildman–Crippen LogP) is 3.21. The second-order valence-electron chi connectivity index (χ2n) is 8.88. The van der Waals surface area contributed by atoms with Crippen molar-refractivity contribution in [3.8, 4) is 0 Å². The third kappa shape index (κ3) is 5.53. The first kappa shape index (κ1) is 22.0. The molecule has 4 rings (SSSR count). The molecule has 1 N–H and O–H groups in total. The average Bonchev–Trinajstić information content (AvgIpc) is 3.57. The molecule has 1 aliphatic heterocycles. The van der Waals surface area contributed by atoms with Crippen LogP contribution in [-0.4, -0.2) is 56.3 Å². The molecule has 0 spiro atoms. The summed E-state index contributed by atoms with van der Waals surface area (Å²) < 4.78 is 27.2. The summed E-state index contributed by atoms with van der Waals surface area (Å²) in [7, 11) is -3.49. The van der Waals surface area contributed by atoms with Gasteiger partial charge in [-0.15, -0.1) is 0 Å². The van der Waals surface area contributed by atoms with E-state index in [0.717, 1.165) is 32.5 Å². The molecule has 1 amide bonds. The zero-order chi connectivity index (χ0) is 22.0. The lowest BCUT2D eigenvalue weighted by Crippen LogP contribution is -2.48. The highest BCUT2D eigenvalue weighted by molar-refractivity contribution is 7.89. The third-order valence-corrected chi connectivity index (χ3v) is 7.56. The van der Waals surface area contributed by atoms with Crippen molar-refractivity contribution in [1.82, 2.24) is 14.5 Å². The van der Waals surface area contributed by atoms with Crippen molar-refractivity contribution in [2.45, 2.75) is 50.1 Å². The van der Waals surface area contributed by atoms with Crippen LogP contribution in [0.15, 0.2) is 53.4 Å². The molecule has 2 aromatic rings. The van der Waals surface area contributed by atoms with Gasteiger partial charge in [0.25, 0.3) is 5.91 Å². The highest BCUT2D eigenvalue weighted by Crippen LogP contribution is 2.22. The fourth-order valence-corrected chi connectivity index (χ4v) is 5.13. The van der Waals surface area contributed by atoms with Crippen LogP contribution in [-0.2, 0) is 16.6 Å². The lowest BCUT2D eigenvalue weighted by Gasteiger charge is -2.34. The standard InChI is InChI=1S/C24H31N3O3S/c1-18(2)20-5-3-19(4-6-20)17-26-13-15-27(16-14-26)24(28)21-7-11-23(12-8-21)31(29,30)25-22-9-10-22/h3-8,11-12,18,22,25H,9-10,13-17H2,1-2H3. The van der Waals surface area contributed by atoms with E-state index in [1.54, 1.807) is 12.1 Å². The van der Waals surface area contributed by atoms with Crippen molar-refractivity contribution in [1.29, 1.82) is 0 Å². The van der Waals surface area contributed by atoms with Crippen molar-refractivity contribution in [2.75, 3.05) is 26.2 Å². The SMILES string of the molecule is CC(C)c1ccc(CN2CCN(C(=O)c3ccc(S(=O)(=O)NC4CC4)cc3)CC2)cc1. The number of carbonyl (C=O) groups excluding carboxylic acids is 1. The smallest absolute Gasteiger partial charge is 0.253 e. The first-order chi connectivity index (χ1) is 14.8. The second-order valence-corrected chi connectivity index (χ2v) is 10.6. The molecule has 0 radical (unpaired) electrons. The van der Waals surface area contributed by atoms with Crippen LogP contribution in [0.4, 0.5) is 0 Å². The minimum Gasteiger partial charge on any atom is -0.336 e. The highest BCUT2D eigenvalue weighted by Gasteiger charge is 2.28. The lowest BCUT2D eigenvalue weighted by atomic mass is 10.0. The van der Waals surface area contributed by atoms with Crippen LogP contribution < -0.4 is 4.72 Å². The van der Waals surface area contributed by atoms with Gasteiger partial charge in [-0.2, -0.15) is 0 Å². The average molecular weight is 442 g/mol. The fraction of sp³-hybridized carbons (Fsp3) is 0.458. The number of piperazine rings is 1. The predicted molar refractivity (Wildman–Crippen MR) is 121 cm³/mol. The number of hydrogen-bond acceptors (Lipinski definition) is 4. The fourth-order valence-electron chi connectivity index (χ4n) is 3.82. The van der Waals surface area contributed by atoms with Crippen LogP contribution in [0.5, 0.6) is 0 Å². The van der Waals surface area contributed by atoms with Crippen molar-refractivity contribution in [2.24, 2.45) is 0 Å². The Balaban J connectivity index is 1.30. The Morgan fingerprint density at radius 1 is 0.968 bits per heavy atom. The third-order valence-electron chi connectivity index (χ3n) is 6.02. The van der Waals surface area contributed by atoms with E-state index in [4.69, 9.17) is 0 Å². The first-order valence-electron chi connectivity index (χ1n) is 11.0. The minimum absolute atomic E-state index is 0.0416. The topological polar surface area (TPSA) is 69.7 Å². The largest absolute Gasteiger partial charge is 0.336 e. The van der Waals surface area contributed by atoms with Gasteiger partial charge in [0.05, 0.1) is 4.90 Å². The number of nitrogens with zero attached hydrogens (tertiary/aromatic N) is 2. The van der Waals surface area contributed by atoms with Gasteiger partial charge in [-0.1, -0.05) is 38.1 Å². The van der Waals surface area contributed by atoms with Crippen LogP contribution in [0, 0.1) is 0 Å². The van der Waals surface area contributed by atoms with Gasteiger partial charge < -0.3 is 4.90 Å². The summed E-state index contributed by atoms with van der Waals surface area (Å²) in [6.45, 7) is 8.29. The maximum absolute atomic E-state index is 12.9. The maximum atomic E-state index is 12.9. The molecular weight excluding hydrogens is 410 g/mol. The molecule has 6 nitrogen and oxygen atoms in total. The maximum Gasteiger partial charge on any atom is 0.253 e. The first-order valence-corrected chi connectivity index (χ1v) is 12.5. The number of amides is 1. The van der Waals surface area contributed by atoms with E-state index < -0.39 is 10.0 Å². The molecule has 2 fully saturated rings. The van der Waals surface area contributed by atoms with Crippen molar-refractivity contribution in [3.05, 3.63) is 65.2 Å². The number of carbonyl (C=O) groups is 1. The van der Waals surface area contributed by atoms with Gasteiger partial charge in [0, 0.05) is 44.3 Å². The van der Waals surface area contributed by atoms with Gasteiger partial charge in [0.1, 0.15) is 0 Å². The number of sulfonamides is 1. The Morgan fingerprint density at radius 3 is 2.13 bits per heavy atom. The molecule has 0 unspecified atom stereocenters. The van der Waals surface area contributed by atoms with E-state index in [1.807, 2.05) is 4.90 Å². The van der Waals surface area contributed by atoms with Crippen molar-refractivity contribution < 1.29 is 13.2 Å². The van der Waals surface area contributed by atoms with Crippen LogP contribution in [0.25, 0.3) is 0 Å². The van der Waals surface area contributed by atoms with E-state index in [0.29, 0.717) is 24.6 Å². The van der Waals surface area contributed by atoms with Gasteiger partial charge in [0.2, 0.25) is 10.0 Å². The molecule has 1 saturated carbocycles. The summed E-state index contributed by atoms with van der Waals surface area (Å²) in [5.74, 6) is 0.493. The molecule has 166 valence electrons. The summed E-state index contributed by atoms with van der Waals surface area (Å²) in [5, 5.41) is 0. The van der Waals surface area contributed by atoms with Gasteiger partial charge in [-0.25, -0.2) is 13.1 Å². The molecule has 0 atom stereocenters. The minimum atomic E-state index is -3.49. The summed E-state index contributed by atoms with van der Waals surface area (Å²) in [6, 6.07) is 15.1. The van der Waals surface area contributed by atoms with Gasteiger partial charge in [-0.05, 0) is 54.2 Å². The Hall–Kier alpha value is -2.22. The van der Waals surface area contributed by atoms with E-state index >= 15 is 0 Å². The van der Waals surface area contributed by atoms with E-state index in [1.165, 1.54) is 23.3 Å². The zero-order valence-corrected chi connectivity index (χ0v) is 19.1. The number of rotatable bonds is 7. The molecule has 2 aliphatic rings. The highest BCUT2D eigenvalue weighted by atomic mass is 32.2. The van der Waals surface area contributed by atoms with E-state index in [2.05, 4.69) is 47.7 Å². The monoisotopic (exact) mass is 441 g/mol. The zero-order valence-electron chi connectivity index (χ0n) is 18.3. The van der Waals surface area contributed by atoms with E-state index in [-0.39, 0.29) is 16.8 Å². The number of nitrogens with one attached hydrogen (secondary N) is 1. The molecule has 7 heteroatoms. The molecule has 0 aromatic heterocycles. The van der Waals surface area contributed by atoms with Crippen LogP contribution in [0.2, 0.25) is 0 Å². The summed E-state index contributed by atoms with van der Waals surface area (Å²) in [5.41, 5.74) is 3.17.